The van der Waals surface area contributed by atoms with Gasteiger partial charge in [-0.1, -0.05) is 13.3 Å². The molecular weight excluding hydrogens is 312 g/mol. The summed E-state index contributed by atoms with van der Waals surface area (Å²) < 4.78 is 26.7. The third-order valence-electron chi connectivity index (χ3n) is 4.07. The molecule has 0 aliphatic carbocycles. The van der Waals surface area contributed by atoms with E-state index in [2.05, 4.69) is 11.6 Å². The van der Waals surface area contributed by atoms with E-state index in [1.807, 2.05) is 4.90 Å². The molecule has 0 saturated carbocycles. The first-order valence-corrected chi connectivity index (χ1v) is 9.73. The van der Waals surface area contributed by atoms with Gasteiger partial charge >= 0.3 is 0 Å². The molecule has 0 bridgehead atoms. The second-order valence-corrected chi connectivity index (χ2v) is 8.21. The van der Waals surface area contributed by atoms with Gasteiger partial charge in [-0.15, -0.1) is 0 Å². The normalized spacial score (nSPS) is 18.6. The average molecular weight is 338 g/mol. The molecule has 6 heteroatoms. The van der Waals surface area contributed by atoms with Crippen molar-refractivity contribution < 1.29 is 13.2 Å². The molecule has 5 nitrogen and oxygen atoms in total. The fraction of sp³-hybridized carbons (Fsp3) is 0.588. The summed E-state index contributed by atoms with van der Waals surface area (Å²) in [5, 5.41) is 0. The van der Waals surface area contributed by atoms with E-state index in [1.165, 1.54) is 12.1 Å². The highest BCUT2D eigenvalue weighted by Crippen LogP contribution is 2.23. The highest BCUT2D eigenvalue weighted by Gasteiger charge is 2.26. The lowest BCUT2D eigenvalue weighted by molar-refractivity contribution is 0.0786. The van der Waals surface area contributed by atoms with E-state index in [-0.39, 0.29) is 16.8 Å². The maximum Gasteiger partial charge on any atom is 0.253 e. The molecule has 1 saturated heterocycles. The Hall–Kier alpha value is -1.40. The minimum Gasteiger partial charge on any atom is -0.338 e. The summed E-state index contributed by atoms with van der Waals surface area (Å²) in [7, 11) is -3.51. The standard InChI is InChI=1S/C17H26N2O3S/c1-4-5-14-10-11-19(12-14)17(20)15-6-8-16(9-7-15)23(21,22)18-13(2)3/h6-9,13-14,18H,4-5,10-12H2,1-3H3/t14-/m1/s1. The van der Waals surface area contributed by atoms with Crippen LogP contribution in [0, 0.1) is 5.92 Å². The molecular formula is C17H26N2O3S. The van der Waals surface area contributed by atoms with Crippen molar-refractivity contribution in [3.8, 4) is 0 Å². The Labute approximate surface area is 139 Å². The lowest BCUT2D eigenvalue weighted by Crippen LogP contribution is -2.30. The van der Waals surface area contributed by atoms with Crippen molar-refractivity contribution in [1.29, 1.82) is 0 Å². The average Bonchev–Trinajstić information content (AvgIpc) is 2.94. The highest BCUT2D eigenvalue weighted by molar-refractivity contribution is 7.89. The largest absolute Gasteiger partial charge is 0.338 e. The van der Waals surface area contributed by atoms with Gasteiger partial charge in [0.2, 0.25) is 10.0 Å². The van der Waals surface area contributed by atoms with Gasteiger partial charge in [0.1, 0.15) is 0 Å². The van der Waals surface area contributed by atoms with Crippen LogP contribution < -0.4 is 4.72 Å². The Morgan fingerprint density at radius 2 is 1.96 bits per heavy atom. The van der Waals surface area contributed by atoms with Crippen molar-refractivity contribution >= 4 is 15.9 Å². The van der Waals surface area contributed by atoms with E-state index >= 15 is 0 Å². The van der Waals surface area contributed by atoms with Crippen molar-refractivity contribution in [3.05, 3.63) is 29.8 Å². The second kappa shape index (κ2) is 7.45. The molecule has 1 aliphatic heterocycles. The molecule has 0 radical (unpaired) electrons. The minimum atomic E-state index is -3.51. The van der Waals surface area contributed by atoms with E-state index in [0.717, 1.165) is 32.4 Å². The van der Waals surface area contributed by atoms with Crippen LogP contribution in [0.1, 0.15) is 50.4 Å². The number of hydrogen-bond donors (Lipinski definition) is 1. The number of likely N-dealkylation sites (tertiary alicyclic amines) is 1. The summed E-state index contributed by atoms with van der Waals surface area (Å²) in [5.41, 5.74) is 0.547. The van der Waals surface area contributed by atoms with Crippen LogP contribution in [-0.2, 0) is 10.0 Å². The van der Waals surface area contributed by atoms with E-state index in [0.29, 0.717) is 11.5 Å². The smallest absolute Gasteiger partial charge is 0.253 e. The molecule has 1 aromatic carbocycles. The van der Waals surface area contributed by atoms with E-state index in [9.17, 15) is 13.2 Å². The zero-order valence-electron chi connectivity index (χ0n) is 14.1. The Morgan fingerprint density at radius 3 is 2.52 bits per heavy atom. The lowest BCUT2D eigenvalue weighted by atomic mass is 10.0. The van der Waals surface area contributed by atoms with Crippen LogP contribution in [0.5, 0.6) is 0 Å². The Balaban J connectivity index is 2.06. The van der Waals surface area contributed by atoms with Gasteiger partial charge in [-0.2, -0.15) is 0 Å². The number of amides is 1. The second-order valence-electron chi connectivity index (χ2n) is 6.49. The summed E-state index contributed by atoms with van der Waals surface area (Å²) in [4.78, 5) is 14.6. The quantitative estimate of drug-likeness (QED) is 0.867. The fourth-order valence-corrected chi connectivity index (χ4v) is 4.25. The predicted molar refractivity (Wildman–Crippen MR) is 90.8 cm³/mol. The number of carbonyl (C=O) groups excluding carboxylic acids is 1. The molecule has 128 valence electrons. The molecule has 23 heavy (non-hydrogen) atoms. The van der Waals surface area contributed by atoms with Gasteiger partial charge in [0.05, 0.1) is 4.90 Å². The number of benzene rings is 1. The molecule has 2 rings (SSSR count). The van der Waals surface area contributed by atoms with Gasteiger partial charge < -0.3 is 4.90 Å². The highest BCUT2D eigenvalue weighted by atomic mass is 32.2. The monoisotopic (exact) mass is 338 g/mol. The maximum atomic E-state index is 12.5. The lowest BCUT2D eigenvalue weighted by Gasteiger charge is -2.17. The van der Waals surface area contributed by atoms with Crippen LogP contribution in [-0.4, -0.2) is 38.4 Å². The number of nitrogens with zero attached hydrogens (tertiary/aromatic N) is 1. The zero-order valence-corrected chi connectivity index (χ0v) is 14.9. The minimum absolute atomic E-state index is 0.00984. The number of sulfonamides is 1. The molecule has 0 unspecified atom stereocenters. The fourth-order valence-electron chi connectivity index (χ4n) is 3.00. The summed E-state index contributed by atoms with van der Waals surface area (Å²) in [6, 6.07) is 6.03. The summed E-state index contributed by atoms with van der Waals surface area (Å²) in [5.74, 6) is 0.586. The van der Waals surface area contributed by atoms with Crippen LogP contribution in [0.15, 0.2) is 29.2 Å². The number of hydrogen-bond acceptors (Lipinski definition) is 3. The topological polar surface area (TPSA) is 66.5 Å². The van der Waals surface area contributed by atoms with Crippen molar-refractivity contribution in [2.75, 3.05) is 13.1 Å². The SMILES string of the molecule is CCC[C@@H]1CCN(C(=O)c2ccc(S(=O)(=O)NC(C)C)cc2)C1. The molecule has 1 atom stereocenters. The van der Waals surface area contributed by atoms with Crippen molar-refractivity contribution in [2.24, 2.45) is 5.92 Å². The van der Waals surface area contributed by atoms with Gasteiger partial charge in [-0.25, -0.2) is 13.1 Å². The number of carbonyl (C=O) groups is 1. The summed E-state index contributed by atoms with van der Waals surface area (Å²) in [6.45, 7) is 7.31. The first-order valence-electron chi connectivity index (χ1n) is 8.25. The van der Waals surface area contributed by atoms with Gasteiger partial charge in [0.15, 0.2) is 0 Å². The molecule has 0 aromatic heterocycles. The molecule has 1 aromatic rings. The van der Waals surface area contributed by atoms with Crippen LogP contribution in [0.25, 0.3) is 0 Å². The van der Waals surface area contributed by atoms with Crippen molar-refractivity contribution in [1.82, 2.24) is 9.62 Å². The molecule has 1 N–H and O–H groups in total. The summed E-state index contributed by atoms with van der Waals surface area (Å²) in [6.07, 6.45) is 3.36. The van der Waals surface area contributed by atoms with E-state index in [1.54, 1.807) is 26.0 Å². The van der Waals surface area contributed by atoms with Crippen molar-refractivity contribution in [2.45, 2.75) is 51.0 Å². The third-order valence-corrected chi connectivity index (χ3v) is 5.75. The number of rotatable bonds is 6. The van der Waals surface area contributed by atoms with Crippen LogP contribution in [0.3, 0.4) is 0 Å². The van der Waals surface area contributed by atoms with Gasteiger partial charge in [0.25, 0.3) is 5.91 Å². The third kappa shape index (κ3) is 4.54. The zero-order chi connectivity index (χ0) is 17.0. The van der Waals surface area contributed by atoms with Crippen LogP contribution >= 0.6 is 0 Å². The Morgan fingerprint density at radius 1 is 1.30 bits per heavy atom. The molecule has 0 spiro atoms. The first kappa shape index (κ1) is 17.9. The van der Waals surface area contributed by atoms with Gasteiger partial charge in [0, 0.05) is 24.7 Å². The molecule has 1 aliphatic rings. The first-order chi connectivity index (χ1) is 10.8. The van der Waals surface area contributed by atoms with E-state index in [4.69, 9.17) is 0 Å². The van der Waals surface area contributed by atoms with Gasteiger partial charge in [-0.05, 0) is 56.9 Å². The Bertz CT molecular complexity index is 638. The number of nitrogens with one attached hydrogen (secondary N) is 1. The Kier molecular flexibility index (Phi) is 5.81. The molecule has 1 fully saturated rings. The predicted octanol–water partition coefficient (Wildman–Crippen LogP) is 2.64. The van der Waals surface area contributed by atoms with Crippen LogP contribution in [0.2, 0.25) is 0 Å². The van der Waals surface area contributed by atoms with Crippen molar-refractivity contribution in [3.63, 3.8) is 0 Å². The van der Waals surface area contributed by atoms with E-state index < -0.39 is 10.0 Å². The summed E-state index contributed by atoms with van der Waals surface area (Å²) >= 11 is 0. The molecule has 1 heterocycles. The van der Waals surface area contributed by atoms with Gasteiger partial charge in [-0.3, -0.25) is 4.79 Å². The molecule has 1 amide bonds. The maximum absolute atomic E-state index is 12.5. The van der Waals surface area contributed by atoms with Crippen LogP contribution in [0.4, 0.5) is 0 Å².